The van der Waals surface area contributed by atoms with Crippen LogP contribution in [0.15, 0.2) is 24.3 Å². The van der Waals surface area contributed by atoms with Crippen LogP contribution in [0.25, 0.3) is 11.0 Å². The fourth-order valence-corrected chi connectivity index (χ4v) is 1.98. The molecule has 1 unspecified atom stereocenters. The van der Waals surface area contributed by atoms with E-state index in [0.717, 1.165) is 11.0 Å². The number of hydrogen-bond donors (Lipinski definition) is 1. The van der Waals surface area contributed by atoms with Gasteiger partial charge < -0.3 is 10.5 Å². The van der Waals surface area contributed by atoms with Gasteiger partial charge in [0.05, 0.1) is 18.1 Å². The highest BCUT2D eigenvalue weighted by atomic mass is 16.5. The number of ether oxygens (including phenoxy) is 1. The van der Waals surface area contributed by atoms with Gasteiger partial charge in [-0.2, -0.15) is 0 Å². The van der Waals surface area contributed by atoms with Crippen molar-refractivity contribution >= 4 is 23.0 Å². The number of benzene rings is 1. The number of para-hydroxylation sites is 2. The molecule has 90 valence electrons. The van der Waals surface area contributed by atoms with Crippen LogP contribution in [-0.4, -0.2) is 22.6 Å². The maximum absolute atomic E-state index is 11.7. The van der Waals surface area contributed by atoms with E-state index in [1.807, 2.05) is 31.2 Å². The van der Waals surface area contributed by atoms with Gasteiger partial charge in [0.25, 0.3) is 0 Å². The topological polar surface area (TPSA) is 70.1 Å². The van der Waals surface area contributed by atoms with Crippen LogP contribution < -0.4 is 5.73 Å². The monoisotopic (exact) mass is 233 g/mol. The van der Waals surface area contributed by atoms with E-state index in [9.17, 15) is 4.79 Å². The number of imidazole rings is 1. The first-order chi connectivity index (χ1) is 8.19. The summed E-state index contributed by atoms with van der Waals surface area (Å²) in [6.45, 7) is 1.91. The minimum absolute atomic E-state index is 0.303. The molecule has 0 amide bonds. The minimum Gasteiger partial charge on any atom is -0.467 e. The lowest BCUT2D eigenvalue weighted by Crippen LogP contribution is -2.21. The lowest BCUT2D eigenvalue weighted by Gasteiger charge is -2.16. The van der Waals surface area contributed by atoms with E-state index >= 15 is 0 Å². The molecule has 0 radical (unpaired) electrons. The van der Waals surface area contributed by atoms with Crippen molar-refractivity contribution in [1.29, 1.82) is 0 Å². The zero-order valence-electron chi connectivity index (χ0n) is 9.88. The van der Waals surface area contributed by atoms with Crippen LogP contribution in [0.2, 0.25) is 0 Å². The molecular formula is C12H15N3O2. The first kappa shape index (κ1) is 11.4. The molecule has 5 nitrogen and oxygen atoms in total. The average Bonchev–Trinajstić information content (AvgIpc) is 2.67. The Morgan fingerprint density at radius 1 is 1.53 bits per heavy atom. The summed E-state index contributed by atoms with van der Waals surface area (Å²) in [7, 11) is 1.38. The molecule has 17 heavy (non-hydrogen) atoms. The third-order valence-electron chi connectivity index (χ3n) is 2.79. The van der Waals surface area contributed by atoms with Crippen molar-refractivity contribution in [2.75, 3.05) is 12.8 Å². The van der Waals surface area contributed by atoms with Gasteiger partial charge in [0.1, 0.15) is 6.04 Å². The molecule has 0 saturated carbocycles. The van der Waals surface area contributed by atoms with E-state index < -0.39 is 6.04 Å². The number of aromatic nitrogens is 2. The van der Waals surface area contributed by atoms with Gasteiger partial charge in [0.15, 0.2) is 0 Å². The Balaban J connectivity index is 2.60. The molecule has 1 heterocycles. The molecule has 0 aliphatic heterocycles. The van der Waals surface area contributed by atoms with E-state index in [1.54, 1.807) is 4.57 Å². The van der Waals surface area contributed by atoms with Crippen LogP contribution in [0.4, 0.5) is 5.95 Å². The first-order valence-corrected chi connectivity index (χ1v) is 5.49. The van der Waals surface area contributed by atoms with Crippen LogP contribution in [0.1, 0.15) is 19.4 Å². The molecule has 1 aromatic carbocycles. The Bertz CT molecular complexity index is 548. The molecule has 0 aliphatic rings. The van der Waals surface area contributed by atoms with Crippen molar-refractivity contribution in [3.05, 3.63) is 24.3 Å². The molecule has 2 rings (SSSR count). The summed E-state index contributed by atoms with van der Waals surface area (Å²) < 4.78 is 6.51. The largest absolute Gasteiger partial charge is 0.467 e. The van der Waals surface area contributed by atoms with Gasteiger partial charge >= 0.3 is 5.97 Å². The maximum atomic E-state index is 11.7. The van der Waals surface area contributed by atoms with Gasteiger partial charge in [0.2, 0.25) is 5.95 Å². The van der Waals surface area contributed by atoms with Crippen molar-refractivity contribution in [2.45, 2.75) is 19.4 Å². The minimum atomic E-state index is -0.424. The third kappa shape index (κ3) is 1.84. The molecule has 0 saturated heterocycles. The number of nitrogen functional groups attached to an aromatic ring is 1. The fourth-order valence-electron chi connectivity index (χ4n) is 1.98. The second-order valence-electron chi connectivity index (χ2n) is 3.78. The molecule has 0 bridgehead atoms. The summed E-state index contributed by atoms with van der Waals surface area (Å²) in [6.07, 6.45) is 0.608. The van der Waals surface area contributed by atoms with Gasteiger partial charge in [-0.3, -0.25) is 4.57 Å². The van der Waals surface area contributed by atoms with Crippen molar-refractivity contribution < 1.29 is 9.53 Å². The molecule has 2 aromatic rings. The van der Waals surface area contributed by atoms with E-state index in [2.05, 4.69) is 4.98 Å². The number of rotatable bonds is 3. The predicted molar refractivity (Wildman–Crippen MR) is 65.5 cm³/mol. The Kier molecular flexibility index (Phi) is 2.99. The zero-order chi connectivity index (χ0) is 12.4. The van der Waals surface area contributed by atoms with Crippen LogP contribution >= 0.6 is 0 Å². The summed E-state index contributed by atoms with van der Waals surface area (Å²) in [6, 6.07) is 7.12. The first-order valence-electron chi connectivity index (χ1n) is 5.49. The van der Waals surface area contributed by atoms with Gasteiger partial charge in [-0.1, -0.05) is 19.1 Å². The fraction of sp³-hybridized carbons (Fsp3) is 0.333. The molecule has 0 fully saturated rings. The number of carbonyl (C=O) groups is 1. The van der Waals surface area contributed by atoms with Gasteiger partial charge in [-0.25, -0.2) is 9.78 Å². The smallest absolute Gasteiger partial charge is 0.328 e. The molecule has 1 aromatic heterocycles. The number of fused-ring (bicyclic) bond motifs is 1. The Labute approximate surface area is 99.2 Å². The molecule has 5 heteroatoms. The summed E-state index contributed by atoms with van der Waals surface area (Å²) in [5.41, 5.74) is 7.50. The van der Waals surface area contributed by atoms with E-state index in [-0.39, 0.29) is 5.97 Å². The van der Waals surface area contributed by atoms with Gasteiger partial charge in [-0.05, 0) is 18.6 Å². The second-order valence-corrected chi connectivity index (χ2v) is 3.78. The van der Waals surface area contributed by atoms with Crippen LogP contribution in [0.3, 0.4) is 0 Å². The van der Waals surface area contributed by atoms with Crippen molar-refractivity contribution in [3.63, 3.8) is 0 Å². The number of anilines is 1. The lowest BCUT2D eigenvalue weighted by atomic mass is 10.2. The summed E-state index contributed by atoms with van der Waals surface area (Å²) >= 11 is 0. The highest BCUT2D eigenvalue weighted by Crippen LogP contribution is 2.25. The quantitative estimate of drug-likeness (QED) is 0.820. The summed E-state index contributed by atoms with van der Waals surface area (Å²) in [5, 5.41) is 0. The van der Waals surface area contributed by atoms with Crippen molar-refractivity contribution in [2.24, 2.45) is 0 Å². The maximum Gasteiger partial charge on any atom is 0.328 e. The number of nitrogens with two attached hydrogens (primary N) is 1. The summed E-state index contributed by atoms with van der Waals surface area (Å²) in [5.74, 6) is 0.0332. The highest BCUT2D eigenvalue weighted by molar-refractivity contribution is 5.83. The van der Waals surface area contributed by atoms with Crippen LogP contribution in [0.5, 0.6) is 0 Å². The normalized spacial score (nSPS) is 12.6. The SMILES string of the molecule is CCC(C(=O)OC)n1c(N)nc2ccccc21. The number of carbonyl (C=O) groups excluding carboxylic acids is 1. The number of hydrogen-bond acceptors (Lipinski definition) is 4. The Hall–Kier alpha value is -2.04. The molecule has 0 aliphatic carbocycles. The average molecular weight is 233 g/mol. The Morgan fingerprint density at radius 3 is 2.88 bits per heavy atom. The lowest BCUT2D eigenvalue weighted by molar-refractivity contribution is -0.144. The number of esters is 1. The number of nitrogens with zero attached hydrogens (tertiary/aromatic N) is 2. The second kappa shape index (κ2) is 4.45. The van der Waals surface area contributed by atoms with Gasteiger partial charge in [0, 0.05) is 0 Å². The predicted octanol–water partition coefficient (Wildman–Crippen LogP) is 1.74. The Morgan fingerprint density at radius 2 is 2.24 bits per heavy atom. The van der Waals surface area contributed by atoms with Crippen molar-refractivity contribution in [1.82, 2.24) is 9.55 Å². The van der Waals surface area contributed by atoms with Crippen LogP contribution in [-0.2, 0) is 9.53 Å². The molecular weight excluding hydrogens is 218 g/mol. The zero-order valence-corrected chi connectivity index (χ0v) is 9.88. The van der Waals surface area contributed by atoms with Crippen molar-refractivity contribution in [3.8, 4) is 0 Å². The molecule has 1 atom stereocenters. The highest BCUT2D eigenvalue weighted by Gasteiger charge is 2.23. The molecule has 0 spiro atoms. The number of methoxy groups -OCH3 is 1. The van der Waals surface area contributed by atoms with E-state index in [4.69, 9.17) is 10.5 Å². The van der Waals surface area contributed by atoms with Crippen LogP contribution in [0, 0.1) is 0 Å². The van der Waals surface area contributed by atoms with Gasteiger partial charge in [-0.15, -0.1) is 0 Å². The summed E-state index contributed by atoms with van der Waals surface area (Å²) in [4.78, 5) is 15.9. The van der Waals surface area contributed by atoms with E-state index in [1.165, 1.54) is 7.11 Å². The van der Waals surface area contributed by atoms with E-state index in [0.29, 0.717) is 12.4 Å². The standard InChI is InChI=1S/C12H15N3O2/c1-3-9(11(16)17-2)15-10-7-5-4-6-8(10)14-12(15)13/h4-7,9H,3H2,1-2H3,(H2,13,14). The molecule has 2 N–H and O–H groups in total. The third-order valence-corrected chi connectivity index (χ3v) is 2.79.